The average molecular weight is 251 g/mol. The Labute approximate surface area is 92.9 Å². The summed E-state index contributed by atoms with van der Waals surface area (Å²) in [6.07, 6.45) is -5.35. The van der Waals surface area contributed by atoms with Crippen molar-refractivity contribution in [2.45, 2.75) is 25.4 Å². The van der Waals surface area contributed by atoms with Gasteiger partial charge in [0.15, 0.2) is 5.82 Å². The molecule has 0 atom stereocenters. The summed E-state index contributed by atoms with van der Waals surface area (Å²) in [4.78, 5) is 5.99. The number of aromatic nitrogens is 2. The summed E-state index contributed by atoms with van der Waals surface area (Å²) in [7, 11) is 0. The van der Waals surface area contributed by atoms with Gasteiger partial charge in [0.05, 0.1) is 18.2 Å². The number of nitrogens with zero attached hydrogens (tertiary/aromatic N) is 3. The van der Waals surface area contributed by atoms with Crippen LogP contribution in [0.2, 0.25) is 0 Å². The predicted molar refractivity (Wildman–Crippen MR) is 45.9 cm³/mol. The SMILES string of the molecule is CC(F)(F)c1nc(CC#N)cc(C(F)(F)F)n1. The number of nitriles is 1. The Morgan fingerprint density at radius 1 is 1.24 bits per heavy atom. The fourth-order valence-corrected chi connectivity index (χ4v) is 1.01. The smallest absolute Gasteiger partial charge is 0.231 e. The summed E-state index contributed by atoms with van der Waals surface area (Å²) in [5.74, 6) is -4.83. The van der Waals surface area contributed by atoms with E-state index in [0.29, 0.717) is 13.0 Å². The van der Waals surface area contributed by atoms with Crippen LogP contribution in [0.4, 0.5) is 22.0 Å². The van der Waals surface area contributed by atoms with Gasteiger partial charge in [0, 0.05) is 6.92 Å². The quantitative estimate of drug-likeness (QED) is 0.759. The van der Waals surface area contributed by atoms with Crippen LogP contribution in [-0.4, -0.2) is 9.97 Å². The molecule has 0 saturated heterocycles. The zero-order valence-electron chi connectivity index (χ0n) is 8.52. The van der Waals surface area contributed by atoms with Crippen molar-refractivity contribution >= 4 is 0 Å². The number of halogens is 5. The van der Waals surface area contributed by atoms with E-state index in [1.54, 1.807) is 0 Å². The van der Waals surface area contributed by atoms with Gasteiger partial charge in [-0.1, -0.05) is 0 Å². The summed E-state index contributed by atoms with van der Waals surface area (Å²) in [6, 6.07) is 2.02. The molecule has 0 unspecified atom stereocenters. The molecule has 8 heteroatoms. The highest BCUT2D eigenvalue weighted by Crippen LogP contribution is 2.31. The molecule has 1 aromatic rings. The van der Waals surface area contributed by atoms with Crippen LogP contribution in [0.1, 0.15) is 24.1 Å². The van der Waals surface area contributed by atoms with Crippen LogP contribution in [0.5, 0.6) is 0 Å². The van der Waals surface area contributed by atoms with Crippen molar-refractivity contribution < 1.29 is 22.0 Å². The Balaban J connectivity index is 3.35. The molecule has 17 heavy (non-hydrogen) atoms. The third-order valence-corrected chi connectivity index (χ3v) is 1.72. The molecule has 1 aromatic heterocycles. The van der Waals surface area contributed by atoms with Crippen molar-refractivity contribution in [2.75, 3.05) is 0 Å². The number of hydrogen-bond donors (Lipinski definition) is 0. The highest BCUT2D eigenvalue weighted by molar-refractivity contribution is 5.18. The van der Waals surface area contributed by atoms with E-state index < -0.39 is 30.0 Å². The lowest BCUT2D eigenvalue weighted by Gasteiger charge is -2.13. The Hall–Kier alpha value is -1.78. The van der Waals surface area contributed by atoms with Gasteiger partial charge in [-0.2, -0.15) is 27.2 Å². The maximum Gasteiger partial charge on any atom is 0.433 e. The van der Waals surface area contributed by atoms with E-state index >= 15 is 0 Å². The van der Waals surface area contributed by atoms with Gasteiger partial charge in [-0.25, -0.2) is 9.97 Å². The Morgan fingerprint density at radius 3 is 2.24 bits per heavy atom. The van der Waals surface area contributed by atoms with Crippen molar-refractivity contribution in [3.05, 3.63) is 23.3 Å². The second-order valence-corrected chi connectivity index (χ2v) is 3.29. The topological polar surface area (TPSA) is 49.6 Å². The first-order chi connectivity index (χ1) is 7.64. The number of alkyl halides is 5. The van der Waals surface area contributed by atoms with E-state index in [0.717, 1.165) is 0 Å². The lowest BCUT2D eigenvalue weighted by atomic mass is 10.2. The van der Waals surface area contributed by atoms with Crippen LogP contribution < -0.4 is 0 Å². The maximum absolute atomic E-state index is 12.9. The van der Waals surface area contributed by atoms with Crippen LogP contribution in [0, 0.1) is 11.3 Å². The molecule has 0 aliphatic rings. The van der Waals surface area contributed by atoms with E-state index in [9.17, 15) is 22.0 Å². The number of rotatable bonds is 2. The molecule has 1 rings (SSSR count). The molecule has 0 aliphatic carbocycles. The molecule has 0 bridgehead atoms. The Kier molecular flexibility index (Phi) is 3.31. The molecule has 3 nitrogen and oxygen atoms in total. The lowest BCUT2D eigenvalue weighted by molar-refractivity contribution is -0.142. The minimum atomic E-state index is -4.85. The molecule has 0 saturated carbocycles. The molecule has 0 amide bonds. The van der Waals surface area contributed by atoms with Crippen molar-refractivity contribution in [1.29, 1.82) is 5.26 Å². The summed E-state index contributed by atoms with van der Waals surface area (Å²) in [5.41, 5.74) is -1.86. The van der Waals surface area contributed by atoms with E-state index in [1.807, 2.05) is 0 Å². The van der Waals surface area contributed by atoms with E-state index in [1.165, 1.54) is 6.07 Å². The van der Waals surface area contributed by atoms with Gasteiger partial charge in [0.2, 0.25) is 0 Å². The molecule has 0 spiro atoms. The van der Waals surface area contributed by atoms with Crippen molar-refractivity contribution in [3.8, 4) is 6.07 Å². The van der Waals surface area contributed by atoms with E-state index in [-0.39, 0.29) is 5.69 Å². The molecular formula is C9H6F5N3. The first-order valence-corrected chi connectivity index (χ1v) is 4.35. The minimum absolute atomic E-state index is 0.383. The van der Waals surface area contributed by atoms with Crippen LogP contribution >= 0.6 is 0 Å². The van der Waals surface area contributed by atoms with Gasteiger partial charge in [0.25, 0.3) is 0 Å². The zero-order chi connectivity index (χ0) is 13.3. The molecule has 0 fully saturated rings. The molecule has 0 N–H and O–H groups in total. The van der Waals surface area contributed by atoms with Crippen molar-refractivity contribution in [3.63, 3.8) is 0 Å². The average Bonchev–Trinajstić information content (AvgIpc) is 2.15. The van der Waals surface area contributed by atoms with Gasteiger partial charge in [-0.3, -0.25) is 0 Å². The van der Waals surface area contributed by atoms with Crippen molar-refractivity contribution in [2.24, 2.45) is 0 Å². The summed E-state index contributed by atoms with van der Waals surface area (Å²) < 4.78 is 62.8. The largest absolute Gasteiger partial charge is 0.433 e. The number of hydrogen-bond acceptors (Lipinski definition) is 3. The third kappa shape index (κ3) is 3.34. The minimum Gasteiger partial charge on any atom is -0.231 e. The first-order valence-electron chi connectivity index (χ1n) is 4.35. The van der Waals surface area contributed by atoms with Gasteiger partial charge in [-0.05, 0) is 6.07 Å². The second kappa shape index (κ2) is 4.24. The summed E-state index contributed by atoms with van der Waals surface area (Å²) in [6.45, 7) is 0.388. The van der Waals surface area contributed by atoms with Gasteiger partial charge < -0.3 is 0 Å². The fraction of sp³-hybridized carbons (Fsp3) is 0.444. The highest BCUT2D eigenvalue weighted by atomic mass is 19.4. The molecular weight excluding hydrogens is 245 g/mol. The van der Waals surface area contributed by atoms with Crippen LogP contribution in [0.15, 0.2) is 6.07 Å². The van der Waals surface area contributed by atoms with Crippen LogP contribution in [0.25, 0.3) is 0 Å². The highest BCUT2D eigenvalue weighted by Gasteiger charge is 2.37. The molecule has 92 valence electrons. The Bertz CT molecular complexity index is 423. The van der Waals surface area contributed by atoms with Crippen molar-refractivity contribution in [1.82, 2.24) is 9.97 Å². The summed E-state index contributed by atoms with van der Waals surface area (Å²) in [5, 5.41) is 8.33. The van der Waals surface area contributed by atoms with E-state index in [2.05, 4.69) is 9.97 Å². The zero-order valence-corrected chi connectivity index (χ0v) is 8.52. The molecule has 1 heterocycles. The summed E-state index contributed by atoms with van der Waals surface area (Å²) >= 11 is 0. The first kappa shape index (κ1) is 13.3. The van der Waals surface area contributed by atoms with Gasteiger partial charge >= 0.3 is 12.1 Å². The molecule has 0 aromatic carbocycles. The maximum atomic E-state index is 12.9. The van der Waals surface area contributed by atoms with Crippen LogP contribution in [-0.2, 0) is 18.5 Å². The van der Waals surface area contributed by atoms with Crippen LogP contribution in [0.3, 0.4) is 0 Å². The fourth-order valence-electron chi connectivity index (χ4n) is 1.01. The standard InChI is InChI=1S/C9H6F5N3/c1-8(10,11)7-16-5(2-3-15)4-6(17-7)9(12,13)14/h4H,2H2,1H3. The normalized spacial score (nSPS) is 12.3. The van der Waals surface area contributed by atoms with E-state index in [4.69, 9.17) is 5.26 Å². The van der Waals surface area contributed by atoms with Gasteiger partial charge in [-0.15, -0.1) is 0 Å². The second-order valence-electron chi connectivity index (χ2n) is 3.29. The Morgan fingerprint density at radius 2 is 1.82 bits per heavy atom. The predicted octanol–water partition coefficient (Wildman–Crippen LogP) is 2.67. The lowest BCUT2D eigenvalue weighted by Crippen LogP contribution is -2.19. The van der Waals surface area contributed by atoms with Gasteiger partial charge in [0.1, 0.15) is 5.69 Å². The molecule has 0 aliphatic heterocycles. The molecule has 0 radical (unpaired) electrons. The monoisotopic (exact) mass is 251 g/mol. The third-order valence-electron chi connectivity index (χ3n) is 1.72.